The van der Waals surface area contributed by atoms with Crippen molar-refractivity contribution in [1.82, 2.24) is 9.97 Å². The molecule has 0 bridgehead atoms. The number of hydrogen-bond acceptors (Lipinski definition) is 2. The Labute approximate surface area is 130 Å². The maximum Gasteiger partial charge on any atom is 0.152 e. The van der Waals surface area contributed by atoms with E-state index in [1.54, 1.807) is 6.20 Å². The van der Waals surface area contributed by atoms with E-state index in [1.165, 1.54) is 0 Å². The van der Waals surface area contributed by atoms with E-state index in [2.05, 4.69) is 34.2 Å². The summed E-state index contributed by atoms with van der Waals surface area (Å²) in [5.41, 5.74) is 3.19. The zero-order valence-electron chi connectivity index (χ0n) is 12.1. The van der Waals surface area contributed by atoms with Crippen molar-refractivity contribution >= 4 is 24.3 Å². The van der Waals surface area contributed by atoms with Gasteiger partial charge in [0.15, 0.2) is 5.82 Å². The van der Waals surface area contributed by atoms with Crippen molar-refractivity contribution in [1.29, 1.82) is 0 Å². The SMILES string of the molecule is C(=C\c1ccnc(/C=C/c2ccccc2)n1)/c1ccccc1. The number of rotatable bonds is 4. The molecule has 106 valence electrons. The lowest BCUT2D eigenvalue weighted by molar-refractivity contribution is 1.12. The fourth-order valence-corrected chi connectivity index (χ4v) is 2.04. The molecule has 0 saturated carbocycles. The lowest BCUT2D eigenvalue weighted by Gasteiger charge is -1.96. The van der Waals surface area contributed by atoms with Crippen LogP contribution in [0.3, 0.4) is 0 Å². The highest BCUT2D eigenvalue weighted by Gasteiger charge is 1.93. The van der Waals surface area contributed by atoms with Gasteiger partial charge in [-0.1, -0.05) is 72.8 Å². The van der Waals surface area contributed by atoms with Crippen LogP contribution in [0.1, 0.15) is 22.6 Å². The second-order valence-corrected chi connectivity index (χ2v) is 4.83. The summed E-state index contributed by atoms with van der Waals surface area (Å²) in [5.74, 6) is 0.707. The predicted octanol–water partition coefficient (Wildman–Crippen LogP) is 4.82. The van der Waals surface area contributed by atoms with Crippen molar-refractivity contribution in [2.45, 2.75) is 0 Å². The maximum atomic E-state index is 4.52. The van der Waals surface area contributed by atoms with Gasteiger partial charge in [-0.3, -0.25) is 0 Å². The number of nitrogens with zero attached hydrogens (tertiary/aromatic N) is 2. The molecule has 0 aliphatic heterocycles. The number of hydrogen-bond donors (Lipinski definition) is 0. The first-order valence-corrected chi connectivity index (χ1v) is 7.19. The zero-order valence-corrected chi connectivity index (χ0v) is 12.1. The fraction of sp³-hybridized carbons (Fsp3) is 0. The minimum atomic E-state index is 0.707. The summed E-state index contributed by atoms with van der Waals surface area (Å²) in [5, 5.41) is 0. The van der Waals surface area contributed by atoms with Crippen LogP contribution in [-0.4, -0.2) is 9.97 Å². The average Bonchev–Trinajstić information content (AvgIpc) is 2.60. The van der Waals surface area contributed by atoms with E-state index in [9.17, 15) is 0 Å². The van der Waals surface area contributed by atoms with E-state index >= 15 is 0 Å². The highest BCUT2D eigenvalue weighted by molar-refractivity contribution is 5.69. The molecule has 2 nitrogen and oxygen atoms in total. The molecule has 2 aromatic carbocycles. The molecule has 3 rings (SSSR count). The summed E-state index contributed by atoms with van der Waals surface area (Å²) < 4.78 is 0. The van der Waals surface area contributed by atoms with Gasteiger partial charge in [-0.05, 0) is 29.3 Å². The van der Waals surface area contributed by atoms with Crippen LogP contribution in [0.4, 0.5) is 0 Å². The zero-order chi connectivity index (χ0) is 15.0. The molecule has 0 amide bonds. The third kappa shape index (κ3) is 4.00. The van der Waals surface area contributed by atoms with Gasteiger partial charge in [-0.15, -0.1) is 0 Å². The standard InChI is InChI=1S/C20H16N2/c1-3-7-17(8-4-1)11-13-19-15-16-21-20(22-19)14-12-18-9-5-2-6-10-18/h1-16H/b13-11+,14-12+. The Kier molecular flexibility index (Phi) is 4.53. The third-order valence-electron chi connectivity index (χ3n) is 3.17. The van der Waals surface area contributed by atoms with Crippen molar-refractivity contribution in [3.63, 3.8) is 0 Å². The summed E-state index contributed by atoms with van der Waals surface area (Å²) in [6.07, 6.45) is 9.77. The summed E-state index contributed by atoms with van der Waals surface area (Å²) in [7, 11) is 0. The van der Waals surface area contributed by atoms with Crippen LogP contribution < -0.4 is 0 Å². The summed E-state index contributed by atoms with van der Waals surface area (Å²) in [6.45, 7) is 0. The Balaban J connectivity index is 1.75. The molecule has 0 unspecified atom stereocenters. The molecule has 0 aliphatic rings. The Bertz CT molecular complexity index is 710. The average molecular weight is 284 g/mol. The van der Waals surface area contributed by atoms with Gasteiger partial charge < -0.3 is 0 Å². The van der Waals surface area contributed by atoms with Gasteiger partial charge in [0.25, 0.3) is 0 Å². The molecule has 0 N–H and O–H groups in total. The van der Waals surface area contributed by atoms with Crippen LogP contribution in [0.2, 0.25) is 0 Å². The third-order valence-corrected chi connectivity index (χ3v) is 3.17. The Morgan fingerprint density at radius 1 is 0.591 bits per heavy atom. The van der Waals surface area contributed by atoms with Crippen molar-refractivity contribution in [3.05, 3.63) is 95.6 Å². The molecule has 2 heteroatoms. The highest BCUT2D eigenvalue weighted by Crippen LogP contribution is 2.08. The second-order valence-electron chi connectivity index (χ2n) is 4.83. The first-order valence-electron chi connectivity index (χ1n) is 7.19. The van der Waals surface area contributed by atoms with E-state index < -0.39 is 0 Å². The molecule has 1 heterocycles. The summed E-state index contributed by atoms with van der Waals surface area (Å²) in [4.78, 5) is 8.80. The minimum absolute atomic E-state index is 0.707. The van der Waals surface area contributed by atoms with Gasteiger partial charge in [0.2, 0.25) is 0 Å². The molecule has 0 saturated heterocycles. The maximum absolute atomic E-state index is 4.52. The van der Waals surface area contributed by atoms with Crippen molar-refractivity contribution in [3.8, 4) is 0 Å². The molecular weight excluding hydrogens is 268 g/mol. The summed E-state index contributed by atoms with van der Waals surface area (Å²) in [6, 6.07) is 22.2. The quantitative estimate of drug-likeness (QED) is 0.686. The Morgan fingerprint density at radius 3 is 1.82 bits per heavy atom. The lowest BCUT2D eigenvalue weighted by atomic mass is 10.2. The monoisotopic (exact) mass is 284 g/mol. The lowest BCUT2D eigenvalue weighted by Crippen LogP contribution is -1.88. The van der Waals surface area contributed by atoms with Crippen LogP contribution in [-0.2, 0) is 0 Å². The fourth-order valence-electron chi connectivity index (χ4n) is 2.04. The van der Waals surface area contributed by atoms with E-state index in [0.29, 0.717) is 5.82 Å². The molecule has 3 aromatic rings. The van der Waals surface area contributed by atoms with E-state index in [4.69, 9.17) is 0 Å². The summed E-state index contributed by atoms with van der Waals surface area (Å²) >= 11 is 0. The molecule has 0 radical (unpaired) electrons. The van der Waals surface area contributed by atoms with Crippen molar-refractivity contribution in [2.24, 2.45) is 0 Å². The van der Waals surface area contributed by atoms with Gasteiger partial charge in [0.1, 0.15) is 0 Å². The second kappa shape index (κ2) is 7.14. The van der Waals surface area contributed by atoms with Gasteiger partial charge in [-0.25, -0.2) is 9.97 Å². The highest BCUT2D eigenvalue weighted by atomic mass is 14.9. The molecular formula is C20H16N2. The van der Waals surface area contributed by atoms with E-state index in [-0.39, 0.29) is 0 Å². The molecule has 0 atom stereocenters. The van der Waals surface area contributed by atoms with Crippen LogP contribution >= 0.6 is 0 Å². The molecule has 0 aliphatic carbocycles. The topological polar surface area (TPSA) is 25.8 Å². The number of aromatic nitrogens is 2. The van der Waals surface area contributed by atoms with E-state index in [0.717, 1.165) is 16.8 Å². The molecule has 0 fully saturated rings. The van der Waals surface area contributed by atoms with Crippen molar-refractivity contribution < 1.29 is 0 Å². The van der Waals surface area contributed by atoms with E-state index in [1.807, 2.05) is 66.8 Å². The van der Waals surface area contributed by atoms with Crippen LogP contribution in [0.5, 0.6) is 0 Å². The predicted molar refractivity (Wildman–Crippen MR) is 92.8 cm³/mol. The number of benzene rings is 2. The largest absolute Gasteiger partial charge is 0.237 e. The van der Waals surface area contributed by atoms with Crippen LogP contribution in [0.25, 0.3) is 24.3 Å². The molecule has 22 heavy (non-hydrogen) atoms. The van der Waals surface area contributed by atoms with Crippen LogP contribution in [0.15, 0.2) is 72.9 Å². The van der Waals surface area contributed by atoms with Gasteiger partial charge in [-0.2, -0.15) is 0 Å². The smallest absolute Gasteiger partial charge is 0.152 e. The van der Waals surface area contributed by atoms with Crippen molar-refractivity contribution in [2.75, 3.05) is 0 Å². The molecule has 0 spiro atoms. The molecule has 1 aromatic heterocycles. The Morgan fingerprint density at radius 2 is 1.18 bits per heavy atom. The normalized spacial score (nSPS) is 11.3. The first kappa shape index (κ1) is 14.0. The van der Waals surface area contributed by atoms with Gasteiger partial charge >= 0.3 is 0 Å². The van der Waals surface area contributed by atoms with Gasteiger partial charge in [0.05, 0.1) is 5.69 Å². The minimum Gasteiger partial charge on any atom is -0.237 e. The van der Waals surface area contributed by atoms with Crippen LogP contribution in [0, 0.1) is 0 Å². The Hall–Kier alpha value is -3.00. The first-order chi connectivity index (χ1) is 10.9. The van der Waals surface area contributed by atoms with Gasteiger partial charge in [0, 0.05) is 6.20 Å².